The summed E-state index contributed by atoms with van der Waals surface area (Å²) >= 11 is 0. The minimum Gasteiger partial charge on any atom is -0.465 e. The first-order chi connectivity index (χ1) is 17.0. The Hall–Kier alpha value is -2.92. The number of rotatable bonds is 8. The van der Waals surface area contributed by atoms with Gasteiger partial charge in [0.15, 0.2) is 0 Å². The number of amides is 2. The number of hydrogen-bond acceptors (Lipinski definition) is 4. The van der Waals surface area contributed by atoms with Gasteiger partial charge in [-0.15, -0.1) is 0 Å². The molecule has 0 bridgehead atoms. The van der Waals surface area contributed by atoms with Gasteiger partial charge in [0.25, 0.3) is 0 Å². The molecule has 3 N–H and O–H groups in total. The standard InChI is InChI=1S/C24H29F4N5O3/c25-23(26)6-3-15(4-7-23)20(32-22(35)36)17-12-33-8-5-16(29-21(33)30-17)19(14-1-2-14)31-18(34)9-13-10-24(27,28)11-13/h5,8,12-15,19-20,32H,1-4,6-7,9-11H2,(H,31,34)(H,35,36). The summed E-state index contributed by atoms with van der Waals surface area (Å²) in [4.78, 5) is 33.1. The molecule has 5 rings (SSSR count). The van der Waals surface area contributed by atoms with Crippen LogP contribution < -0.4 is 10.6 Å². The molecule has 3 aliphatic carbocycles. The third kappa shape index (κ3) is 5.57. The molecule has 8 nitrogen and oxygen atoms in total. The zero-order valence-electron chi connectivity index (χ0n) is 19.6. The van der Waals surface area contributed by atoms with Crippen molar-refractivity contribution in [3.63, 3.8) is 0 Å². The molecule has 0 spiro atoms. The van der Waals surface area contributed by atoms with Crippen LogP contribution in [0.5, 0.6) is 0 Å². The Labute approximate surface area is 204 Å². The van der Waals surface area contributed by atoms with Gasteiger partial charge in [0.2, 0.25) is 23.5 Å². The van der Waals surface area contributed by atoms with Crippen LogP contribution in [0.3, 0.4) is 0 Å². The van der Waals surface area contributed by atoms with Crippen molar-refractivity contribution < 1.29 is 32.3 Å². The van der Waals surface area contributed by atoms with Crippen LogP contribution in [0.1, 0.15) is 81.3 Å². The molecule has 2 atom stereocenters. The summed E-state index contributed by atoms with van der Waals surface area (Å²) in [6.07, 6.45) is 3.20. The van der Waals surface area contributed by atoms with E-state index in [4.69, 9.17) is 0 Å². The maximum absolute atomic E-state index is 13.7. The van der Waals surface area contributed by atoms with Crippen LogP contribution >= 0.6 is 0 Å². The van der Waals surface area contributed by atoms with E-state index in [0.717, 1.165) is 12.8 Å². The number of hydrogen-bond donors (Lipinski definition) is 3. The smallest absolute Gasteiger partial charge is 0.405 e. The normalized spacial score (nSPS) is 23.6. The Morgan fingerprint density at radius 2 is 1.58 bits per heavy atom. The maximum atomic E-state index is 13.7. The van der Waals surface area contributed by atoms with Crippen molar-refractivity contribution in [2.24, 2.45) is 17.8 Å². The third-order valence-electron chi connectivity index (χ3n) is 7.57. The number of imidazole rings is 1. The number of carbonyl (C=O) groups excluding carboxylic acids is 1. The molecule has 12 heteroatoms. The number of nitrogens with zero attached hydrogens (tertiary/aromatic N) is 3. The summed E-state index contributed by atoms with van der Waals surface area (Å²) in [5.41, 5.74) is 0.990. The Balaban J connectivity index is 1.32. The fraction of sp³-hybridized carbons (Fsp3) is 0.667. The summed E-state index contributed by atoms with van der Waals surface area (Å²) in [5.74, 6) is -5.81. The first-order valence-corrected chi connectivity index (χ1v) is 12.4. The number of carbonyl (C=O) groups is 2. The average molecular weight is 512 g/mol. The summed E-state index contributed by atoms with van der Waals surface area (Å²) in [5, 5.41) is 14.7. The molecule has 3 saturated carbocycles. The second kappa shape index (κ2) is 9.19. The van der Waals surface area contributed by atoms with E-state index in [1.54, 1.807) is 22.9 Å². The fourth-order valence-electron chi connectivity index (χ4n) is 5.48. The molecule has 2 aromatic heterocycles. The van der Waals surface area contributed by atoms with Gasteiger partial charge in [-0.2, -0.15) is 0 Å². The van der Waals surface area contributed by atoms with Gasteiger partial charge >= 0.3 is 6.09 Å². The number of alkyl halides is 4. The predicted molar refractivity (Wildman–Crippen MR) is 120 cm³/mol. The van der Waals surface area contributed by atoms with Gasteiger partial charge in [0.05, 0.1) is 23.5 Å². The number of fused-ring (bicyclic) bond motifs is 1. The van der Waals surface area contributed by atoms with Gasteiger partial charge in [-0.1, -0.05) is 0 Å². The molecule has 2 amide bonds. The number of carboxylic acid groups (broad SMARTS) is 1. The van der Waals surface area contributed by atoms with Crippen LogP contribution in [-0.2, 0) is 4.79 Å². The number of nitrogens with one attached hydrogen (secondary N) is 2. The highest BCUT2D eigenvalue weighted by Gasteiger charge is 2.46. The summed E-state index contributed by atoms with van der Waals surface area (Å²) in [7, 11) is 0. The molecule has 2 heterocycles. The highest BCUT2D eigenvalue weighted by molar-refractivity contribution is 5.77. The van der Waals surface area contributed by atoms with E-state index in [2.05, 4.69) is 20.6 Å². The van der Waals surface area contributed by atoms with Crippen LogP contribution in [-0.4, -0.2) is 43.3 Å². The molecule has 0 aliphatic heterocycles. The molecule has 0 radical (unpaired) electrons. The Kier molecular flexibility index (Phi) is 6.32. The molecule has 196 valence electrons. The van der Waals surface area contributed by atoms with Crippen molar-refractivity contribution in [3.8, 4) is 0 Å². The molecule has 0 aromatic carbocycles. The van der Waals surface area contributed by atoms with Crippen LogP contribution in [0, 0.1) is 17.8 Å². The van der Waals surface area contributed by atoms with E-state index in [1.165, 1.54) is 0 Å². The van der Waals surface area contributed by atoms with Crippen molar-refractivity contribution in [2.45, 2.75) is 81.7 Å². The fourth-order valence-corrected chi connectivity index (χ4v) is 5.48. The lowest BCUT2D eigenvalue weighted by Gasteiger charge is -2.34. The third-order valence-corrected chi connectivity index (χ3v) is 7.57. The van der Waals surface area contributed by atoms with E-state index in [-0.39, 0.29) is 74.6 Å². The molecular formula is C24H29F4N5O3. The highest BCUT2D eigenvalue weighted by Crippen LogP contribution is 2.45. The van der Waals surface area contributed by atoms with E-state index >= 15 is 0 Å². The lowest BCUT2D eigenvalue weighted by atomic mass is 9.79. The van der Waals surface area contributed by atoms with Crippen LogP contribution in [0.15, 0.2) is 18.5 Å². The molecule has 3 fully saturated rings. The lowest BCUT2D eigenvalue weighted by molar-refractivity contribution is -0.134. The average Bonchev–Trinajstić information content (AvgIpc) is 3.52. The van der Waals surface area contributed by atoms with Crippen molar-refractivity contribution in [3.05, 3.63) is 29.8 Å². The van der Waals surface area contributed by atoms with Crippen molar-refractivity contribution in [1.29, 1.82) is 0 Å². The van der Waals surface area contributed by atoms with E-state index in [9.17, 15) is 32.3 Å². The molecule has 2 aromatic rings. The summed E-state index contributed by atoms with van der Waals surface area (Å²) in [6, 6.07) is 0.639. The zero-order chi connectivity index (χ0) is 25.7. The Morgan fingerprint density at radius 1 is 0.972 bits per heavy atom. The first-order valence-electron chi connectivity index (χ1n) is 12.4. The molecule has 36 heavy (non-hydrogen) atoms. The largest absolute Gasteiger partial charge is 0.465 e. The quantitative estimate of drug-likeness (QED) is 0.439. The van der Waals surface area contributed by atoms with Crippen LogP contribution in [0.25, 0.3) is 5.78 Å². The maximum Gasteiger partial charge on any atom is 0.405 e. The van der Waals surface area contributed by atoms with Gasteiger partial charge < -0.3 is 15.7 Å². The van der Waals surface area contributed by atoms with E-state index < -0.39 is 24.0 Å². The second-order valence-corrected chi connectivity index (χ2v) is 10.6. The zero-order valence-corrected chi connectivity index (χ0v) is 19.6. The van der Waals surface area contributed by atoms with Gasteiger partial charge in [-0.25, -0.2) is 32.3 Å². The molecule has 2 unspecified atom stereocenters. The summed E-state index contributed by atoms with van der Waals surface area (Å²) in [6.45, 7) is 0. The minimum atomic E-state index is -2.73. The second-order valence-electron chi connectivity index (χ2n) is 10.6. The molecule has 0 saturated heterocycles. The SMILES string of the molecule is O=C(O)NC(c1cn2ccc(C(NC(=O)CC3CC(F)(F)C3)C3CC3)nc2n1)C1CCC(F)(F)CC1. The van der Waals surface area contributed by atoms with Gasteiger partial charge in [-0.05, 0) is 49.5 Å². The van der Waals surface area contributed by atoms with E-state index in [1.807, 2.05) is 0 Å². The minimum absolute atomic E-state index is 0.0531. The van der Waals surface area contributed by atoms with Crippen LogP contribution in [0.4, 0.5) is 22.4 Å². The summed E-state index contributed by atoms with van der Waals surface area (Å²) < 4.78 is 55.2. The van der Waals surface area contributed by atoms with Gasteiger partial charge in [0.1, 0.15) is 0 Å². The van der Waals surface area contributed by atoms with Crippen LogP contribution in [0.2, 0.25) is 0 Å². The van der Waals surface area contributed by atoms with Gasteiger partial charge in [-0.3, -0.25) is 9.20 Å². The van der Waals surface area contributed by atoms with Crippen molar-refractivity contribution in [1.82, 2.24) is 25.0 Å². The molecular weight excluding hydrogens is 482 g/mol. The first kappa shape index (κ1) is 24.8. The topological polar surface area (TPSA) is 109 Å². The van der Waals surface area contributed by atoms with Crippen molar-refractivity contribution in [2.75, 3.05) is 0 Å². The number of aromatic nitrogens is 3. The monoisotopic (exact) mass is 511 g/mol. The molecule has 3 aliphatic rings. The Bertz CT molecular complexity index is 1130. The highest BCUT2D eigenvalue weighted by atomic mass is 19.3. The Morgan fingerprint density at radius 3 is 2.19 bits per heavy atom. The number of halogens is 4. The predicted octanol–water partition coefficient (Wildman–Crippen LogP) is 4.87. The lowest BCUT2D eigenvalue weighted by Crippen LogP contribution is -2.39. The van der Waals surface area contributed by atoms with E-state index in [0.29, 0.717) is 17.2 Å². The van der Waals surface area contributed by atoms with Crippen molar-refractivity contribution >= 4 is 17.8 Å². The van der Waals surface area contributed by atoms with Gasteiger partial charge in [0, 0.05) is 44.5 Å².